The lowest BCUT2D eigenvalue weighted by Crippen LogP contribution is -2.04. The van der Waals surface area contributed by atoms with E-state index in [0.717, 1.165) is 43.4 Å². The van der Waals surface area contributed by atoms with E-state index in [2.05, 4.69) is 44.3 Å². The van der Waals surface area contributed by atoms with Gasteiger partial charge in [0.1, 0.15) is 11.5 Å². The van der Waals surface area contributed by atoms with Gasteiger partial charge in [-0.2, -0.15) is 0 Å². The van der Waals surface area contributed by atoms with Crippen LogP contribution in [-0.2, 0) is 6.54 Å². The maximum absolute atomic E-state index is 5.70. The Labute approximate surface area is 139 Å². The highest BCUT2D eigenvalue weighted by Crippen LogP contribution is 2.19. The molecule has 0 unspecified atom stereocenters. The molecule has 0 saturated heterocycles. The second-order valence-electron chi connectivity index (χ2n) is 6.08. The van der Waals surface area contributed by atoms with Crippen LogP contribution in [0.25, 0.3) is 0 Å². The van der Waals surface area contributed by atoms with E-state index >= 15 is 0 Å². The van der Waals surface area contributed by atoms with Crippen LogP contribution in [0.4, 0.5) is 5.69 Å². The van der Waals surface area contributed by atoms with Crippen molar-refractivity contribution in [3.8, 4) is 11.5 Å². The number of ether oxygens (including phenoxy) is 2. The number of nitrogens with one attached hydrogen (secondary N) is 1. The molecule has 0 aliphatic carbocycles. The fraction of sp³-hybridized carbons (Fsp3) is 0.400. The normalized spacial score (nSPS) is 10.6. The number of rotatable bonds is 9. The van der Waals surface area contributed by atoms with Crippen LogP contribution in [0.1, 0.15) is 32.8 Å². The van der Waals surface area contributed by atoms with Gasteiger partial charge in [0, 0.05) is 18.3 Å². The smallest absolute Gasteiger partial charge is 0.121 e. The van der Waals surface area contributed by atoms with E-state index < -0.39 is 0 Å². The van der Waals surface area contributed by atoms with E-state index in [1.807, 2.05) is 30.3 Å². The summed E-state index contributed by atoms with van der Waals surface area (Å²) in [6.07, 6.45) is 1.02. The van der Waals surface area contributed by atoms with Gasteiger partial charge in [-0.25, -0.2) is 0 Å². The summed E-state index contributed by atoms with van der Waals surface area (Å²) in [6.45, 7) is 8.69. The molecular weight excluding hydrogens is 286 g/mol. The molecule has 0 fully saturated rings. The quantitative estimate of drug-likeness (QED) is 0.697. The maximum Gasteiger partial charge on any atom is 0.121 e. The third-order valence-electron chi connectivity index (χ3n) is 3.31. The van der Waals surface area contributed by atoms with Gasteiger partial charge in [0.2, 0.25) is 0 Å². The predicted molar refractivity (Wildman–Crippen MR) is 96.3 cm³/mol. The highest BCUT2D eigenvalue weighted by molar-refractivity contribution is 5.48. The Balaban J connectivity index is 1.85. The summed E-state index contributed by atoms with van der Waals surface area (Å²) in [5.74, 6) is 2.38. The van der Waals surface area contributed by atoms with Gasteiger partial charge in [-0.05, 0) is 42.2 Å². The SMILES string of the molecule is CCCOc1cccc(NCc2ccc(OCC(C)C)cc2)c1. The van der Waals surface area contributed by atoms with E-state index in [0.29, 0.717) is 5.92 Å². The minimum atomic E-state index is 0.540. The summed E-state index contributed by atoms with van der Waals surface area (Å²) >= 11 is 0. The number of benzene rings is 2. The zero-order chi connectivity index (χ0) is 16.5. The van der Waals surface area contributed by atoms with Crippen LogP contribution in [0.5, 0.6) is 11.5 Å². The van der Waals surface area contributed by atoms with Crippen LogP contribution in [-0.4, -0.2) is 13.2 Å². The second kappa shape index (κ2) is 9.09. The Morgan fingerprint density at radius 2 is 1.74 bits per heavy atom. The molecular formula is C20H27NO2. The van der Waals surface area contributed by atoms with Gasteiger partial charge < -0.3 is 14.8 Å². The molecule has 0 aliphatic heterocycles. The van der Waals surface area contributed by atoms with Crippen LogP contribution in [0, 0.1) is 5.92 Å². The highest BCUT2D eigenvalue weighted by Gasteiger charge is 2.00. The van der Waals surface area contributed by atoms with Gasteiger partial charge in [0.05, 0.1) is 13.2 Å². The van der Waals surface area contributed by atoms with Crippen molar-refractivity contribution in [3.05, 3.63) is 54.1 Å². The summed E-state index contributed by atoms with van der Waals surface area (Å²) < 4.78 is 11.4. The maximum atomic E-state index is 5.70. The van der Waals surface area contributed by atoms with Gasteiger partial charge in [0.25, 0.3) is 0 Å². The van der Waals surface area contributed by atoms with Crippen LogP contribution in [0.15, 0.2) is 48.5 Å². The van der Waals surface area contributed by atoms with Gasteiger partial charge in [0.15, 0.2) is 0 Å². The molecule has 0 amide bonds. The largest absolute Gasteiger partial charge is 0.494 e. The van der Waals surface area contributed by atoms with Crippen LogP contribution >= 0.6 is 0 Å². The zero-order valence-electron chi connectivity index (χ0n) is 14.3. The van der Waals surface area contributed by atoms with Gasteiger partial charge in [-0.3, -0.25) is 0 Å². The first-order valence-corrected chi connectivity index (χ1v) is 8.36. The molecule has 0 aliphatic rings. The van der Waals surface area contributed by atoms with Gasteiger partial charge in [-0.15, -0.1) is 0 Å². The molecule has 0 atom stereocenters. The van der Waals surface area contributed by atoms with Crippen LogP contribution in [0.3, 0.4) is 0 Å². The molecule has 23 heavy (non-hydrogen) atoms. The van der Waals surface area contributed by atoms with E-state index in [-0.39, 0.29) is 0 Å². The summed E-state index contributed by atoms with van der Waals surface area (Å²) in [4.78, 5) is 0. The molecule has 2 aromatic rings. The molecule has 3 nitrogen and oxygen atoms in total. The van der Waals surface area contributed by atoms with Crippen molar-refractivity contribution in [1.82, 2.24) is 0 Å². The first-order valence-electron chi connectivity index (χ1n) is 8.36. The molecule has 0 aromatic heterocycles. The topological polar surface area (TPSA) is 30.5 Å². The predicted octanol–water partition coefficient (Wildman–Crippen LogP) is 5.12. The molecule has 0 heterocycles. The van der Waals surface area contributed by atoms with Crippen molar-refractivity contribution >= 4 is 5.69 Å². The van der Waals surface area contributed by atoms with Gasteiger partial charge in [-0.1, -0.05) is 39.0 Å². The molecule has 1 N–H and O–H groups in total. The fourth-order valence-corrected chi connectivity index (χ4v) is 2.09. The molecule has 124 valence electrons. The molecule has 0 spiro atoms. The van der Waals surface area contributed by atoms with Crippen molar-refractivity contribution in [1.29, 1.82) is 0 Å². The molecule has 0 saturated carbocycles. The average molecular weight is 313 g/mol. The molecule has 0 bridgehead atoms. The molecule has 0 radical (unpaired) electrons. The number of anilines is 1. The van der Waals surface area contributed by atoms with Crippen molar-refractivity contribution in [2.45, 2.75) is 33.7 Å². The Morgan fingerprint density at radius 3 is 2.43 bits per heavy atom. The van der Waals surface area contributed by atoms with Crippen LogP contribution in [0.2, 0.25) is 0 Å². The zero-order valence-corrected chi connectivity index (χ0v) is 14.3. The summed E-state index contributed by atoms with van der Waals surface area (Å²) in [5.41, 5.74) is 2.29. The number of hydrogen-bond acceptors (Lipinski definition) is 3. The van der Waals surface area contributed by atoms with Crippen molar-refractivity contribution < 1.29 is 9.47 Å². The Morgan fingerprint density at radius 1 is 0.957 bits per heavy atom. The Kier molecular flexibility index (Phi) is 6.79. The number of hydrogen-bond donors (Lipinski definition) is 1. The van der Waals surface area contributed by atoms with Crippen molar-refractivity contribution in [2.24, 2.45) is 5.92 Å². The van der Waals surface area contributed by atoms with Crippen LogP contribution < -0.4 is 14.8 Å². The lowest BCUT2D eigenvalue weighted by molar-refractivity contribution is 0.271. The minimum Gasteiger partial charge on any atom is -0.494 e. The first kappa shape index (κ1) is 17.2. The fourth-order valence-electron chi connectivity index (χ4n) is 2.09. The van der Waals surface area contributed by atoms with E-state index in [4.69, 9.17) is 9.47 Å². The second-order valence-corrected chi connectivity index (χ2v) is 6.08. The highest BCUT2D eigenvalue weighted by atomic mass is 16.5. The Bertz CT molecular complexity index is 578. The Hall–Kier alpha value is -2.16. The van der Waals surface area contributed by atoms with Crippen molar-refractivity contribution in [3.63, 3.8) is 0 Å². The average Bonchev–Trinajstić information content (AvgIpc) is 2.57. The molecule has 2 rings (SSSR count). The monoisotopic (exact) mass is 313 g/mol. The van der Waals surface area contributed by atoms with E-state index in [9.17, 15) is 0 Å². The van der Waals surface area contributed by atoms with E-state index in [1.165, 1.54) is 5.56 Å². The molecule has 3 heteroatoms. The van der Waals surface area contributed by atoms with Crippen molar-refractivity contribution in [2.75, 3.05) is 18.5 Å². The third-order valence-corrected chi connectivity index (χ3v) is 3.31. The lowest BCUT2D eigenvalue weighted by Gasteiger charge is -2.11. The van der Waals surface area contributed by atoms with E-state index in [1.54, 1.807) is 0 Å². The minimum absolute atomic E-state index is 0.540. The first-order chi connectivity index (χ1) is 11.2. The molecule has 2 aromatic carbocycles. The standard InChI is InChI=1S/C20H27NO2/c1-4-12-22-20-7-5-6-18(13-20)21-14-17-8-10-19(11-9-17)23-15-16(2)3/h5-11,13,16,21H,4,12,14-15H2,1-3H3. The lowest BCUT2D eigenvalue weighted by atomic mass is 10.2. The summed E-state index contributed by atoms with van der Waals surface area (Å²) in [7, 11) is 0. The summed E-state index contributed by atoms with van der Waals surface area (Å²) in [5, 5.41) is 3.43. The van der Waals surface area contributed by atoms with Gasteiger partial charge >= 0.3 is 0 Å². The third kappa shape index (κ3) is 6.23. The summed E-state index contributed by atoms with van der Waals surface area (Å²) in [6, 6.07) is 16.3.